The summed E-state index contributed by atoms with van der Waals surface area (Å²) in [5.74, 6) is -0.380. The van der Waals surface area contributed by atoms with Gasteiger partial charge in [0, 0.05) is 19.1 Å². The van der Waals surface area contributed by atoms with Crippen LogP contribution in [0.1, 0.15) is 5.89 Å². The molecule has 0 fully saturated rings. The number of aromatic nitrogens is 2. The van der Waals surface area contributed by atoms with E-state index in [9.17, 15) is 14.9 Å². The molecular formula is C9H7N3O4. The average Bonchev–Trinajstić information content (AvgIpc) is 2.58. The molecule has 0 aliphatic heterocycles. The quantitative estimate of drug-likeness (QED) is 0.558. The van der Waals surface area contributed by atoms with Crippen molar-refractivity contribution >= 4 is 5.69 Å². The maximum absolute atomic E-state index is 11.3. The Morgan fingerprint density at radius 1 is 1.38 bits per heavy atom. The standard InChI is InChI=1S/C9H7N3O4/c1-6-10-11(9(13)16-6)7-2-4-8(5-3-7)12(14)15/h2-5H,1H3. The predicted molar refractivity (Wildman–Crippen MR) is 53.5 cm³/mol. The van der Waals surface area contributed by atoms with Gasteiger partial charge >= 0.3 is 5.76 Å². The third kappa shape index (κ3) is 1.70. The molecule has 1 aromatic heterocycles. The number of aryl methyl sites for hydroxylation is 1. The normalized spacial score (nSPS) is 10.3. The summed E-state index contributed by atoms with van der Waals surface area (Å²) in [5, 5.41) is 14.2. The molecule has 0 saturated carbocycles. The van der Waals surface area contributed by atoms with Crippen LogP contribution in [0.2, 0.25) is 0 Å². The van der Waals surface area contributed by atoms with Crippen molar-refractivity contribution in [2.75, 3.05) is 0 Å². The van der Waals surface area contributed by atoms with Crippen molar-refractivity contribution in [1.29, 1.82) is 0 Å². The van der Waals surface area contributed by atoms with Gasteiger partial charge in [-0.3, -0.25) is 10.1 Å². The molecule has 2 aromatic rings. The van der Waals surface area contributed by atoms with Gasteiger partial charge in [-0.05, 0) is 12.1 Å². The Bertz CT molecular complexity index is 582. The number of rotatable bonds is 2. The summed E-state index contributed by atoms with van der Waals surface area (Å²) in [4.78, 5) is 21.2. The van der Waals surface area contributed by atoms with Gasteiger partial charge in [0.25, 0.3) is 5.69 Å². The summed E-state index contributed by atoms with van der Waals surface area (Å²) in [7, 11) is 0. The van der Waals surface area contributed by atoms with E-state index in [0.717, 1.165) is 4.68 Å². The van der Waals surface area contributed by atoms with E-state index in [1.165, 1.54) is 24.3 Å². The van der Waals surface area contributed by atoms with E-state index < -0.39 is 10.7 Å². The van der Waals surface area contributed by atoms with Crippen LogP contribution in [-0.4, -0.2) is 14.7 Å². The lowest BCUT2D eigenvalue weighted by Crippen LogP contribution is -2.13. The molecule has 2 rings (SSSR count). The maximum Gasteiger partial charge on any atom is 0.441 e. The summed E-state index contributed by atoms with van der Waals surface area (Å²) in [6, 6.07) is 5.46. The van der Waals surface area contributed by atoms with E-state index in [4.69, 9.17) is 4.42 Å². The Balaban J connectivity index is 2.46. The average molecular weight is 221 g/mol. The summed E-state index contributed by atoms with van der Waals surface area (Å²) in [6.07, 6.45) is 0. The van der Waals surface area contributed by atoms with Crippen LogP contribution >= 0.6 is 0 Å². The summed E-state index contributed by atoms with van der Waals surface area (Å²) in [6.45, 7) is 1.54. The molecule has 0 saturated heterocycles. The van der Waals surface area contributed by atoms with Crippen LogP contribution in [0.15, 0.2) is 33.5 Å². The Morgan fingerprint density at radius 2 is 2.00 bits per heavy atom. The van der Waals surface area contributed by atoms with Crippen molar-refractivity contribution in [3.8, 4) is 5.69 Å². The van der Waals surface area contributed by atoms with Crippen LogP contribution in [-0.2, 0) is 0 Å². The lowest BCUT2D eigenvalue weighted by Gasteiger charge is -1.96. The van der Waals surface area contributed by atoms with Crippen LogP contribution in [0.25, 0.3) is 5.69 Å². The first-order valence-electron chi connectivity index (χ1n) is 4.39. The van der Waals surface area contributed by atoms with Gasteiger partial charge in [0.05, 0.1) is 10.6 Å². The molecule has 82 valence electrons. The maximum atomic E-state index is 11.3. The third-order valence-corrected chi connectivity index (χ3v) is 1.95. The number of nitrogens with zero attached hydrogens (tertiary/aromatic N) is 3. The van der Waals surface area contributed by atoms with E-state index in [-0.39, 0.29) is 11.6 Å². The lowest BCUT2D eigenvalue weighted by molar-refractivity contribution is -0.384. The smallest absolute Gasteiger partial charge is 0.392 e. The van der Waals surface area contributed by atoms with E-state index in [1.54, 1.807) is 6.92 Å². The van der Waals surface area contributed by atoms with Crippen LogP contribution in [0.3, 0.4) is 0 Å². The van der Waals surface area contributed by atoms with Gasteiger partial charge < -0.3 is 4.42 Å². The fourth-order valence-electron chi connectivity index (χ4n) is 1.25. The first kappa shape index (κ1) is 10.1. The molecule has 1 aromatic carbocycles. The van der Waals surface area contributed by atoms with Gasteiger partial charge in [-0.1, -0.05) is 0 Å². The number of hydrogen-bond acceptors (Lipinski definition) is 5. The number of hydrogen-bond donors (Lipinski definition) is 0. The van der Waals surface area contributed by atoms with E-state index in [2.05, 4.69) is 5.10 Å². The Morgan fingerprint density at radius 3 is 2.44 bits per heavy atom. The summed E-state index contributed by atoms with van der Waals surface area (Å²) < 4.78 is 5.75. The third-order valence-electron chi connectivity index (χ3n) is 1.95. The first-order valence-corrected chi connectivity index (χ1v) is 4.39. The first-order chi connectivity index (χ1) is 7.58. The number of nitro benzene ring substituents is 1. The minimum absolute atomic E-state index is 0.0444. The highest BCUT2D eigenvalue weighted by Crippen LogP contribution is 2.13. The molecule has 0 radical (unpaired) electrons. The molecule has 1 heterocycles. The molecule has 7 heteroatoms. The molecule has 16 heavy (non-hydrogen) atoms. The Kier molecular flexibility index (Phi) is 2.28. The van der Waals surface area contributed by atoms with Crippen LogP contribution < -0.4 is 5.76 Å². The highest BCUT2D eigenvalue weighted by atomic mass is 16.6. The minimum Gasteiger partial charge on any atom is -0.392 e. The molecule has 0 aliphatic carbocycles. The molecule has 0 spiro atoms. The zero-order chi connectivity index (χ0) is 11.7. The van der Waals surface area contributed by atoms with Crippen LogP contribution in [0.4, 0.5) is 5.69 Å². The second-order valence-corrected chi connectivity index (χ2v) is 3.07. The zero-order valence-corrected chi connectivity index (χ0v) is 8.28. The highest BCUT2D eigenvalue weighted by molar-refractivity contribution is 5.39. The SMILES string of the molecule is Cc1nn(-c2ccc([N+](=O)[O-])cc2)c(=O)o1. The lowest BCUT2D eigenvalue weighted by atomic mass is 10.3. The Hall–Kier alpha value is -2.44. The van der Waals surface area contributed by atoms with Gasteiger partial charge in [0.2, 0.25) is 5.89 Å². The van der Waals surface area contributed by atoms with Crippen molar-refractivity contribution in [3.63, 3.8) is 0 Å². The second kappa shape index (κ2) is 3.61. The fraction of sp³-hybridized carbons (Fsp3) is 0.111. The fourth-order valence-corrected chi connectivity index (χ4v) is 1.25. The summed E-state index contributed by atoms with van der Waals surface area (Å²) in [5.41, 5.74) is 0.379. The largest absolute Gasteiger partial charge is 0.441 e. The van der Waals surface area contributed by atoms with Gasteiger partial charge in [0.15, 0.2) is 0 Å². The van der Waals surface area contributed by atoms with Crippen molar-refractivity contribution in [3.05, 3.63) is 50.8 Å². The van der Waals surface area contributed by atoms with Gasteiger partial charge in [-0.15, -0.1) is 5.10 Å². The molecular weight excluding hydrogens is 214 g/mol. The molecule has 0 bridgehead atoms. The molecule has 0 amide bonds. The van der Waals surface area contributed by atoms with E-state index in [1.807, 2.05) is 0 Å². The van der Waals surface area contributed by atoms with Crippen molar-refractivity contribution in [2.45, 2.75) is 6.92 Å². The Labute approximate surface area is 89.1 Å². The highest BCUT2D eigenvalue weighted by Gasteiger charge is 2.09. The van der Waals surface area contributed by atoms with Gasteiger partial charge in [-0.25, -0.2) is 4.79 Å². The molecule has 0 unspecified atom stereocenters. The van der Waals surface area contributed by atoms with Crippen LogP contribution in [0.5, 0.6) is 0 Å². The number of nitro groups is 1. The molecule has 7 nitrogen and oxygen atoms in total. The minimum atomic E-state index is -0.619. The van der Waals surface area contributed by atoms with Crippen molar-refractivity contribution in [1.82, 2.24) is 9.78 Å². The monoisotopic (exact) mass is 221 g/mol. The van der Waals surface area contributed by atoms with E-state index in [0.29, 0.717) is 5.69 Å². The predicted octanol–water partition coefficient (Wildman–Crippen LogP) is 1.04. The van der Waals surface area contributed by atoms with Crippen LogP contribution in [0, 0.1) is 17.0 Å². The zero-order valence-electron chi connectivity index (χ0n) is 8.28. The second-order valence-electron chi connectivity index (χ2n) is 3.07. The van der Waals surface area contributed by atoms with Gasteiger partial charge in [-0.2, -0.15) is 4.68 Å². The van der Waals surface area contributed by atoms with Crippen molar-refractivity contribution < 1.29 is 9.34 Å². The number of benzene rings is 1. The number of non-ortho nitro benzene ring substituents is 1. The van der Waals surface area contributed by atoms with E-state index >= 15 is 0 Å². The molecule has 0 aliphatic rings. The topological polar surface area (TPSA) is 91.2 Å². The van der Waals surface area contributed by atoms with Crippen molar-refractivity contribution in [2.24, 2.45) is 0 Å². The molecule has 0 N–H and O–H groups in total. The molecule has 0 atom stereocenters. The summed E-state index contributed by atoms with van der Waals surface area (Å²) >= 11 is 0. The van der Waals surface area contributed by atoms with Gasteiger partial charge in [0.1, 0.15) is 0 Å².